The van der Waals surface area contributed by atoms with Crippen LogP contribution in [0.1, 0.15) is 20.3 Å². The monoisotopic (exact) mass is 326 g/mol. The molecule has 1 N–H and O–H groups in total. The van der Waals surface area contributed by atoms with Gasteiger partial charge in [-0.3, -0.25) is 0 Å². The molecule has 2 unspecified atom stereocenters. The van der Waals surface area contributed by atoms with Crippen LogP contribution in [0.3, 0.4) is 0 Å². The van der Waals surface area contributed by atoms with Crippen LogP contribution in [0, 0.1) is 0 Å². The number of rotatable bonds is 8. The minimum atomic E-state index is -2.91. The van der Waals surface area contributed by atoms with Gasteiger partial charge in [-0.1, -0.05) is 6.92 Å². The molecular formula is C12H29NO5PSi+. The molecule has 0 fully saturated rings. The van der Waals surface area contributed by atoms with Gasteiger partial charge in [-0.05, 0) is 6.42 Å². The Morgan fingerprint density at radius 1 is 1.15 bits per heavy atom. The molecule has 0 saturated carbocycles. The van der Waals surface area contributed by atoms with Gasteiger partial charge in [0, 0.05) is 35.5 Å². The first-order chi connectivity index (χ1) is 9.16. The Morgan fingerprint density at radius 2 is 1.60 bits per heavy atom. The first kappa shape index (κ1) is 19.8. The largest absolute Gasteiger partial charge is 0.523 e. The van der Waals surface area contributed by atoms with Crippen molar-refractivity contribution in [3.8, 4) is 0 Å². The van der Waals surface area contributed by atoms with Gasteiger partial charge in [-0.2, -0.15) is 0 Å². The van der Waals surface area contributed by atoms with E-state index in [1.54, 1.807) is 0 Å². The highest BCUT2D eigenvalue weighted by molar-refractivity contribution is 7.74. The van der Waals surface area contributed by atoms with Crippen molar-refractivity contribution in [2.75, 3.05) is 41.3 Å². The van der Waals surface area contributed by atoms with Crippen LogP contribution in [0.2, 0.25) is 0 Å². The molecule has 0 aliphatic heterocycles. The van der Waals surface area contributed by atoms with Crippen LogP contribution in [0.5, 0.6) is 0 Å². The highest BCUT2D eigenvalue weighted by Gasteiger charge is 2.48. The zero-order valence-electron chi connectivity index (χ0n) is 13.9. The zero-order chi connectivity index (χ0) is 16.0. The van der Waals surface area contributed by atoms with E-state index in [1.807, 2.05) is 13.8 Å². The first-order valence-corrected chi connectivity index (χ1v) is 11.6. The van der Waals surface area contributed by atoms with Gasteiger partial charge in [0.05, 0.1) is 20.0 Å². The second kappa shape index (κ2) is 8.29. The molecule has 20 heavy (non-hydrogen) atoms. The summed E-state index contributed by atoms with van der Waals surface area (Å²) >= 11 is 0. The molecule has 6 nitrogen and oxygen atoms in total. The zero-order valence-corrected chi connectivity index (χ0v) is 15.7. The van der Waals surface area contributed by atoms with Gasteiger partial charge in [0.1, 0.15) is 5.67 Å². The lowest BCUT2D eigenvalue weighted by atomic mass is 10.5. The maximum Gasteiger partial charge on any atom is 0.523 e. The fourth-order valence-electron chi connectivity index (χ4n) is 1.61. The standard InChI is InChI=1S/C12H28NO5PSi/c1-9-11(20(15-3,16-4)17-5)13-12(14)18-10(2)19(6,7)8/h10-11H,9H2,1-8H3/p+1. The van der Waals surface area contributed by atoms with Crippen LogP contribution in [-0.2, 0) is 18.0 Å². The van der Waals surface area contributed by atoms with Gasteiger partial charge in [0.25, 0.3) is 0 Å². The summed E-state index contributed by atoms with van der Waals surface area (Å²) in [5.74, 6) is -0.0938. The second-order valence-corrected chi connectivity index (χ2v) is 13.5. The van der Waals surface area contributed by atoms with Crippen molar-refractivity contribution in [3.05, 3.63) is 0 Å². The van der Waals surface area contributed by atoms with Crippen LogP contribution in [0.25, 0.3) is 0 Å². The number of nitrogens with one attached hydrogen (secondary N) is 1. The Balaban J connectivity index is 4.76. The van der Waals surface area contributed by atoms with Crippen LogP contribution >= 0.6 is 7.26 Å². The van der Waals surface area contributed by atoms with E-state index in [4.69, 9.17) is 18.0 Å². The summed E-state index contributed by atoms with van der Waals surface area (Å²) in [5.41, 5.74) is -0.333. The number of amides is 1. The molecule has 8 heteroatoms. The van der Waals surface area contributed by atoms with Gasteiger partial charge in [-0.15, -0.1) is 0 Å². The van der Waals surface area contributed by atoms with Crippen molar-refractivity contribution in [3.63, 3.8) is 0 Å². The Labute approximate surface area is 124 Å². The summed E-state index contributed by atoms with van der Waals surface area (Å²) in [6.07, 6.45) is 0.179. The average molecular weight is 326 g/mol. The lowest BCUT2D eigenvalue weighted by molar-refractivity contribution is 0.0973. The molecule has 0 saturated heterocycles. The summed E-state index contributed by atoms with van der Waals surface area (Å²) < 4.78 is 21.6. The van der Waals surface area contributed by atoms with E-state index in [9.17, 15) is 4.79 Å². The lowest BCUT2D eigenvalue weighted by Gasteiger charge is -2.32. The van der Waals surface area contributed by atoms with Crippen molar-refractivity contribution in [2.45, 2.75) is 31.8 Å². The third-order valence-electron chi connectivity index (χ3n) is 3.35. The maximum atomic E-state index is 12.0. The fraction of sp³-hybridized carbons (Fsp3) is 0.917. The number of carbonyl (C=O) groups is 1. The Morgan fingerprint density at radius 3 is 1.90 bits per heavy atom. The van der Waals surface area contributed by atoms with Gasteiger partial charge in [0.15, 0.2) is 0 Å². The summed E-state index contributed by atoms with van der Waals surface area (Å²) in [4.78, 5) is 12.0. The maximum absolute atomic E-state index is 12.0. The SMILES string of the molecule is CCC(NC(=O)OC(C)[P+](C)(C)C)[Si](OC)(OC)OC. The van der Waals surface area contributed by atoms with E-state index in [-0.39, 0.29) is 11.5 Å². The molecule has 0 aliphatic carbocycles. The average Bonchev–Trinajstić information content (AvgIpc) is 2.38. The summed E-state index contributed by atoms with van der Waals surface area (Å²) in [6, 6.07) is 0. The van der Waals surface area contributed by atoms with Crippen molar-refractivity contribution in [1.82, 2.24) is 5.32 Å². The third kappa shape index (κ3) is 5.29. The minimum Gasteiger partial charge on any atom is -0.412 e. The van der Waals surface area contributed by atoms with Gasteiger partial charge in [-0.25, -0.2) is 4.79 Å². The molecular weight excluding hydrogens is 297 g/mol. The quantitative estimate of drug-likeness (QED) is 0.547. The molecule has 0 heterocycles. The van der Waals surface area contributed by atoms with E-state index in [0.29, 0.717) is 6.42 Å². The first-order valence-electron chi connectivity index (χ1n) is 6.60. The molecule has 0 aromatic rings. The Kier molecular flexibility index (Phi) is 8.21. The van der Waals surface area contributed by atoms with Crippen LogP contribution in [0.15, 0.2) is 0 Å². The fourth-order valence-corrected chi connectivity index (χ4v) is 4.17. The normalized spacial score (nSPS) is 15.6. The van der Waals surface area contributed by atoms with Crippen molar-refractivity contribution >= 4 is 22.2 Å². The molecule has 0 radical (unpaired) electrons. The number of hydrogen-bond acceptors (Lipinski definition) is 5. The second-order valence-electron chi connectivity index (χ2n) is 5.44. The minimum absolute atomic E-state index is 0.0938. The smallest absolute Gasteiger partial charge is 0.412 e. The number of alkyl carbamates (subject to hydrolysis) is 1. The van der Waals surface area contributed by atoms with Crippen LogP contribution in [-0.4, -0.2) is 67.7 Å². The third-order valence-corrected chi connectivity index (χ3v) is 8.75. The Hall–Kier alpha value is -0.203. The van der Waals surface area contributed by atoms with E-state index < -0.39 is 22.2 Å². The molecule has 120 valence electrons. The summed E-state index contributed by atoms with van der Waals surface area (Å²) in [6.45, 7) is 10.2. The van der Waals surface area contributed by atoms with E-state index >= 15 is 0 Å². The highest BCUT2D eigenvalue weighted by Crippen LogP contribution is 2.52. The van der Waals surface area contributed by atoms with E-state index in [1.165, 1.54) is 21.3 Å². The topological polar surface area (TPSA) is 66.0 Å². The van der Waals surface area contributed by atoms with Crippen molar-refractivity contribution in [2.24, 2.45) is 0 Å². The van der Waals surface area contributed by atoms with E-state index in [2.05, 4.69) is 25.3 Å². The van der Waals surface area contributed by atoms with Crippen LogP contribution in [0.4, 0.5) is 4.79 Å². The molecule has 0 bridgehead atoms. The number of carbonyl (C=O) groups excluding carboxylic acids is 1. The molecule has 0 rings (SSSR count). The van der Waals surface area contributed by atoms with Crippen molar-refractivity contribution < 1.29 is 22.8 Å². The number of hydrogen-bond donors (Lipinski definition) is 1. The van der Waals surface area contributed by atoms with E-state index in [0.717, 1.165) is 0 Å². The Bertz CT molecular complexity index is 298. The molecule has 2 atom stereocenters. The summed E-state index contributed by atoms with van der Waals surface area (Å²) in [7, 11) is 0.429. The predicted octanol–water partition coefficient (Wildman–Crippen LogP) is 2.16. The van der Waals surface area contributed by atoms with Crippen LogP contribution < -0.4 is 5.32 Å². The number of ether oxygens (including phenoxy) is 1. The molecule has 0 aliphatic rings. The molecule has 1 amide bonds. The van der Waals surface area contributed by atoms with Gasteiger partial charge >= 0.3 is 14.9 Å². The predicted molar refractivity (Wildman–Crippen MR) is 84.6 cm³/mol. The summed E-state index contributed by atoms with van der Waals surface area (Å²) in [5, 5.41) is 2.81. The molecule has 0 spiro atoms. The van der Waals surface area contributed by atoms with Crippen molar-refractivity contribution in [1.29, 1.82) is 0 Å². The lowest BCUT2D eigenvalue weighted by Crippen LogP contribution is -2.61. The molecule has 0 aromatic carbocycles. The van der Waals surface area contributed by atoms with Gasteiger partial charge < -0.3 is 23.3 Å². The van der Waals surface area contributed by atoms with Gasteiger partial charge in [0.2, 0.25) is 5.85 Å². The molecule has 0 aromatic heterocycles. The highest BCUT2D eigenvalue weighted by atomic mass is 31.2.